The van der Waals surface area contributed by atoms with Gasteiger partial charge in [-0.25, -0.2) is 0 Å². The minimum atomic E-state index is -0.924. The van der Waals surface area contributed by atoms with Crippen LogP contribution in [0.15, 0.2) is 29.2 Å². The van der Waals surface area contributed by atoms with Crippen molar-refractivity contribution in [3.8, 4) is 0 Å². The lowest BCUT2D eigenvalue weighted by atomic mass is 10.2. The first-order valence-electron chi connectivity index (χ1n) is 6.88. The van der Waals surface area contributed by atoms with Crippen LogP contribution in [-0.4, -0.2) is 47.3 Å². The van der Waals surface area contributed by atoms with Crippen LogP contribution in [0.2, 0.25) is 0 Å². The number of carboxylic acids is 1. The summed E-state index contributed by atoms with van der Waals surface area (Å²) in [5.41, 5.74) is 0.719. The highest BCUT2D eigenvalue weighted by atomic mass is 35.5. The van der Waals surface area contributed by atoms with E-state index in [0.717, 1.165) is 17.0 Å². The van der Waals surface area contributed by atoms with E-state index >= 15 is 0 Å². The molecule has 0 radical (unpaired) electrons. The molecule has 124 valence electrons. The molecule has 0 aromatic heterocycles. The second-order valence-corrected chi connectivity index (χ2v) is 5.64. The quantitative estimate of drug-likeness (QED) is 0.708. The number of carboxylic acid groups (broad SMARTS) is 1. The number of nitrogens with one attached hydrogen (secondary N) is 1. The van der Waals surface area contributed by atoms with Gasteiger partial charge in [-0.05, 0) is 50.4 Å². The van der Waals surface area contributed by atoms with Gasteiger partial charge in [-0.3, -0.25) is 14.5 Å². The zero-order chi connectivity index (χ0) is 15.8. The molecule has 1 aromatic carbocycles. The van der Waals surface area contributed by atoms with Crippen LogP contribution in [-0.2, 0) is 9.59 Å². The van der Waals surface area contributed by atoms with E-state index in [1.807, 2.05) is 37.4 Å². The topological polar surface area (TPSA) is 69.6 Å². The van der Waals surface area contributed by atoms with E-state index in [2.05, 4.69) is 5.32 Å². The van der Waals surface area contributed by atoms with Crippen molar-refractivity contribution < 1.29 is 14.7 Å². The molecule has 0 saturated carbocycles. The summed E-state index contributed by atoms with van der Waals surface area (Å²) in [7, 11) is 0. The fourth-order valence-corrected chi connectivity index (χ4v) is 2.37. The van der Waals surface area contributed by atoms with Crippen molar-refractivity contribution >= 4 is 41.7 Å². The van der Waals surface area contributed by atoms with E-state index in [1.165, 1.54) is 0 Å². The highest BCUT2D eigenvalue weighted by molar-refractivity contribution is 7.98. The van der Waals surface area contributed by atoms with Crippen molar-refractivity contribution in [2.24, 2.45) is 0 Å². The Hall–Kier alpha value is -1.24. The van der Waals surface area contributed by atoms with Crippen LogP contribution in [0, 0.1) is 0 Å². The lowest BCUT2D eigenvalue weighted by molar-refractivity contribution is -0.139. The second-order valence-electron chi connectivity index (χ2n) is 4.76. The van der Waals surface area contributed by atoms with Crippen LogP contribution >= 0.6 is 24.2 Å². The number of hydrogen-bond donors (Lipinski definition) is 2. The molecule has 1 rings (SSSR count). The molecule has 0 bridgehead atoms. The Morgan fingerprint density at radius 3 is 2.36 bits per heavy atom. The van der Waals surface area contributed by atoms with Gasteiger partial charge in [-0.2, -0.15) is 0 Å². The minimum absolute atomic E-state index is 0. The van der Waals surface area contributed by atoms with Gasteiger partial charge in [-0.15, -0.1) is 24.2 Å². The minimum Gasteiger partial charge on any atom is -0.480 e. The average Bonchev–Trinajstić information content (AvgIpc) is 2.46. The van der Waals surface area contributed by atoms with Crippen molar-refractivity contribution in [3.63, 3.8) is 0 Å². The smallest absolute Gasteiger partial charge is 0.317 e. The molecule has 1 unspecified atom stereocenters. The molecular weight excluding hydrogens is 324 g/mol. The molecule has 5 nitrogen and oxygen atoms in total. The molecule has 0 aliphatic carbocycles. The molecule has 0 aliphatic rings. The second kappa shape index (κ2) is 10.5. The number of amides is 1. The summed E-state index contributed by atoms with van der Waals surface area (Å²) in [6, 6.07) is 7.08. The van der Waals surface area contributed by atoms with Gasteiger partial charge >= 0.3 is 5.97 Å². The number of halogens is 1. The normalized spacial score (nSPS) is 11.6. The van der Waals surface area contributed by atoms with Gasteiger partial charge in [0.1, 0.15) is 0 Å². The largest absolute Gasteiger partial charge is 0.480 e. The van der Waals surface area contributed by atoms with Crippen molar-refractivity contribution in [3.05, 3.63) is 24.3 Å². The SMILES string of the molecule is CCCN(CC(=O)O)C(C)C(=O)Nc1ccc(SC)cc1.Cl. The van der Waals surface area contributed by atoms with Gasteiger partial charge in [0.25, 0.3) is 0 Å². The van der Waals surface area contributed by atoms with Gasteiger partial charge in [-0.1, -0.05) is 6.92 Å². The number of rotatable bonds is 8. The number of anilines is 1. The third-order valence-corrected chi connectivity index (χ3v) is 3.88. The van der Waals surface area contributed by atoms with Gasteiger partial charge in [0.15, 0.2) is 0 Å². The van der Waals surface area contributed by atoms with Gasteiger partial charge in [0.2, 0.25) is 5.91 Å². The van der Waals surface area contributed by atoms with E-state index in [-0.39, 0.29) is 24.9 Å². The van der Waals surface area contributed by atoms with Crippen molar-refractivity contribution in [1.82, 2.24) is 4.90 Å². The molecule has 1 atom stereocenters. The molecule has 0 fully saturated rings. The lowest BCUT2D eigenvalue weighted by Crippen LogP contribution is -2.44. The van der Waals surface area contributed by atoms with Crippen molar-refractivity contribution in [2.75, 3.05) is 24.7 Å². The van der Waals surface area contributed by atoms with E-state index in [1.54, 1.807) is 23.6 Å². The summed E-state index contributed by atoms with van der Waals surface area (Å²) in [5.74, 6) is -1.12. The Morgan fingerprint density at radius 2 is 1.91 bits per heavy atom. The summed E-state index contributed by atoms with van der Waals surface area (Å²) in [6.07, 6.45) is 2.79. The highest BCUT2D eigenvalue weighted by Gasteiger charge is 2.22. The predicted octanol–water partition coefficient (Wildman–Crippen LogP) is 2.95. The molecule has 7 heteroatoms. The standard InChI is InChI=1S/C15H22N2O3S.ClH/c1-4-9-17(10-14(18)19)11(2)15(20)16-12-5-7-13(21-3)8-6-12;/h5-8,11H,4,9-10H2,1-3H3,(H,16,20)(H,18,19);1H. The van der Waals surface area contributed by atoms with Gasteiger partial charge in [0.05, 0.1) is 12.6 Å². The monoisotopic (exact) mass is 346 g/mol. The van der Waals surface area contributed by atoms with Crippen LogP contribution in [0.5, 0.6) is 0 Å². The van der Waals surface area contributed by atoms with Crippen LogP contribution in [0.25, 0.3) is 0 Å². The van der Waals surface area contributed by atoms with Crippen molar-refractivity contribution in [1.29, 1.82) is 0 Å². The molecular formula is C15H23ClN2O3S. The molecule has 1 amide bonds. The number of thioether (sulfide) groups is 1. The number of aliphatic carboxylic acids is 1. The molecule has 0 heterocycles. The number of carbonyl (C=O) groups is 2. The average molecular weight is 347 g/mol. The lowest BCUT2D eigenvalue weighted by Gasteiger charge is -2.26. The predicted molar refractivity (Wildman–Crippen MR) is 93.1 cm³/mol. The first-order chi connectivity index (χ1) is 9.97. The van der Waals surface area contributed by atoms with Crippen molar-refractivity contribution in [2.45, 2.75) is 31.2 Å². The fourth-order valence-electron chi connectivity index (χ4n) is 1.96. The zero-order valence-electron chi connectivity index (χ0n) is 13.0. The molecule has 2 N–H and O–H groups in total. The summed E-state index contributed by atoms with van der Waals surface area (Å²) in [6.45, 7) is 4.13. The van der Waals surface area contributed by atoms with Crippen LogP contribution in [0.4, 0.5) is 5.69 Å². The fraction of sp³-hybridized carbons (Fsp3) is 0.467. The Morgan fingerprint density at radius 1 is 1.32 bits per heavy atom. The first kappa shape index (κ1) is 20.8. The third-order valence-electron chi connectivity index (χ3n) is 3.13. The van der Waals surface area contributed by atoms with E-state index in [4.69, 9.17) is 5.11 Å². The molecule has 22 heavy (non-hydrogen) atoms. The number of nitrogens with zero attached hydrogens (tertiary/aromatic N) is 1. The third kappa shape index (κ3) is 6.68. The molecule has 1 aromatic rings. The Kier molecular flexibility index (Phi) is 9.89. The van der Waals surface area contributed by atoms with Gasteiger partial charge in [0, 0.05) is 10.6 Å². The Bertz CT molecular complexity index is 482. The van der Waals surface area contributed by atoms with Gasteiger partial charge < -0.3 is 10.4 Å². The Labute approximate surface area is 141 Å². The molecule has 0 aliphatic heterocycles. The van der Waals surface area contributed by atoms with E-state index in [9.17, 15) is 9.59 Å². The van der Waals surface area contributed by atoms with E-state index in [0.29, 0.717) is 6.54 Å². The van der Waals surface area contributed by atoms with Crippen LogP contribution in [0.3, 0.4) is 0 Å². The molecule has 0 saturated heterocycles. The number of carbonyl (C=O) groups excluding carboxylic acids is 1. The maximum Gasteiger partial charge on any atom is 0.317 e. The zero-order valence-corrected chi connectivity index (χ0v) is 14.7. The summed E-state index contributed by atoms with van der Waals surface area (Å²) in [5, 5.41) is 11.7. The van der Waals surface area contributed by atoms with Crippen LogP contribution < -0.4 is 5.32 Å². The summed E-state index contributed by atoms with van der Waals surface area (Å²) in [4.78, 5) is 25.9. The number of benzene rings is 1. The summed E-state index contributed by atoms with van der Waals surface area (Å²) >= 11 is 1.63. The first-order valence-corrected chi connectivity index (χ1v) is 8.11. The van der Waals surface area contributed by atoms with E-state index < -0.39 is 12.0 Å². The Balaban J connectivity index is 0.00000441. The summed E-state index contributed by atoms with van der Waals surface area (Å²) < 4.78 is 0. The maximum atomic E-state index is 12.2. The van der Waals surface area contributed by atoms with Crippen LogP contribution in [0.1, 0.15) is 20.3 Å². The number of hydrogen-bond acceptors (Lipinski definition) is 4. The molecule has 0 spiro atoms. The highest BCUT2D eigenvalue weighted by Crippen LogP contribution is 2.17. The maximum absolute atomic E-state index is 12.2.